The van der Waals surface area contributed by atoms with Gasteiger partial charge in [-0.1, -0.05) is 13.8 Å². The first kappa shape index (κ1) is 17.7. The molecule has 4 nitrogen and oxygen atoms in total. The Morgan fingerprint density at radius 1 is 1.39 bits per heavy atom. The summed E-state index contributed by atoms with van der Waals surface area (Å²) >= 11 is 1.82. The molecule has 1 unspecified atom stereocenters. The molecule has 5 heteroatoms. The van der Waals surface area contributed by atoms with Crippen LogP contribution >= 0.6 is 11.8 Å². The van der Waals surface area contributed by atoms with Gasteiger partial charge in [0, 0.05) is 12.9 Å². The highest BCUT2D eigenvalue weighted by Gasteiger charge is 2.34. The van der Waals surface area contributed by atoms with Crippen LogP contribution < -0.4 is 5.32 Å². The molecule has 1 atom stereocenters. The van der Waals surface area contributed by atoms with Crippen LogP contribution in [0.25, 0.3) is 0 Å². The number of thioether (sulfide) groups is 1. The largest absolute Gasteiger partial charge is 0.480 e. The Morgan fingerprint density at radius 2 is 2.11 bits per heavy atom. The van der Waals surface area contributed by atoms with Crippen LogP contribution in [0.15, 0.2) is 0 Å². The Labute approximate surface area is 115 Å². The zero-order valence-electron chi connectivity index (χ0n) is 11.8. The second kappa shape index (κ2) is 10.6. The number of carbonyl (C=O) groups is 1. The topological polar surface area (TPSA) is 58.6 Å². The maximum atomic E-state index is 11.4. The van der Waals surface area contributed by atoms with Gasteiger partial charge in [0.15, 0.2) is 0 Å². The molecule has 0 aromatic heterocycles. The van der Waals surface area contributed by atoms with Crippen molar-refractivity contribution in [3.05, 3.63) is 0 Å². The van der Waals surface area contributed by atoms with E-state index in [1.54, 1.807) is 7.11 Å². The van der Waals surface area contributed by atoms with Crippen LogP contribution in [-0.2, 0) is 9.53 Å². The van der Waals surface area contributed by atoms with E-state index in [9.17, 15) is 9.90 Å². The number of aliphatic carboxylic acids is 1. The van der Waals surface area contributed by atoms with E-state index in [0.29, 0.717) is 12.8 Å². The zero-order chi connectivity index (χ0) is 13.9. The first-order valence-electron chi connectivity index (χ1n) is 6.68. The van der Waals surface area contributed by atoms with E-state index in [0.717, 1.165) is 37.5 Å². The van der Waals surface area contributed by atoms with Crippen molar-refractivity contribution in [1.82, 2.24) is 5.32 Å². The molecule has 0 aromatic carbocycles. The van der Waals surface area contributed by atoms with E-state index in [-0.39, 0.29) is 0 Å². The molecule has 0 radical (unpaired) electrons. The highest BCUT2D eigenvalue weighted by Crippen LogP contribution is 2.20. The molecule has 0 saturated heterocycles. The molecule has 0 aromatic rings. The average Bonchev–Trinajstić information content (AvgIpc) is 2.37. The molecule has 2 N–H and O–H groups in total. The van der Waals surface area contributed by atoms with Crippen LogP contribution in [0.4, 0.5) is 0 Å². The van der Waals surface area contributed by atoms with Crippen molar-refractivity contribution in [1.29, 1.82) is 0 Å². The minimum Gasteiger partial charge on any atom is -0.480 e. The number of methoxy groups -OCH3 is 1. The van der Waals surface area contributed by atoms with E-state index < -0.39 is 11.5 Å². The summed E-state index contributed by atoms with van der Waals surface area (Å²) in [5, 5.41) is 12.6. The lowest BCUT2D eigenvalue weighted by Crippen LogP contribution is -2.52. The molecule has 0 bridgehead atoms. The Balaban J connectivity index is 4.04. The fraction of sp³-hybridized carbons (Fsp3) is 0.923. The SMILES string of the molecule is CCCNC(CC)(CCCSCCOC)C(=O)O. The first-order chi connectivity index (χ1) is 8.63. The van der Waals surface area contributed by atoms with Gasteiger partial charge in [-0.2, -0.15) is 11.8 Å². The summed E-state index contributed by atoms with van der Waals surface area (Å²) in [4.78, 5) is 11.4. The number of nitrogens with one attached hydrogen (secondary N) is 1. The third-order valence-corrected chi connectivity index (χ3v) is 4.08. The van der Waals surface area contributed by atoms with Crippen LogP contribution in [-0.4, -0.2) is 48.4 Å². The van der Waals surface area contributed by atoms with E-state index in [1.165, 1.54) is 0 Å². The smallest absolute Gasteiger partial charge is 0.323 e. The van der Waals surface area contributed by atoms with Gasteiger partial charge in [0.25, 0.3) is 0 Å². The Kier molecular flexibility index (Phi) is 10.5. The minimum atomic E-state index is -0.738. The molecule has 0 heterocycles. The van der Waals surface area contributed by atoms with Crippen molar-refractivity contribution in [3.63, 3.8) is 0 Å². The molecule has 0 fully saturated rings. The summed E-state index contributed by atoms with van der Waals surface area (Å²) in [6.45, 7) is 5.51. The van der Waals surface area contributed by atoms with Gasteiger partial charge in [0.2, 0.25) is 0 Å². The summed E-state index contributed by atoms with van der Waals surface area (Å²) < 4.78 is 4.97. The van der Waals surface area contributed by atoms with Gasteiger partial charge in [0.05, 0.1) is 6.61 Å². The third-order valence-electron chi connectivity index (χ3n) is 3.05. The second-order valence-electron chi connectivity index (χ2n) is 4.38. The predicted molar refractivity (Wildman–Crippen MR) is 77.4 cm³/mol. The fourth-order valence-corrected chi connectivity index (χ4v) is 2.65. The normalized spacial score (nSPS) is 14.4. The molecular weight excluding hydrogens is 250 g/mol. The third kappa shape index (κ3) is 6.61. The lowest BCUT2D eigenvalue weighted by Gasteiger charge is -2.29. The van der Waals surface area contributed by atoms with Gasteiger partial charge in [-0.15, -0.1) is 0 Å². The summed E-state index contributed by atoms with van der Waals surface area (Å²) in [6.07, 6.45) is 3.20. The van der Waals surface area contributed by atoms with Gasteiger partial charge in [-0.3, -0.25) is 4.79 Å². The highest BCUT2D eigenvalue weighted by molar-refractivity contribution is 7.99. The van der Waals surface area contributed by atoms with Gasteiger partial charge < -0.3 is 15.2 Å². The van der Waals surface area contributed by atoms with Gasteiger partial charge in [0.1, 0.15) is 5.54 Å². The van der Waals surface area contributed by atoms with Crippen LogP contribution in [0.5, 0.6) is 0 Å². The van der Waals surface area contributed by atoms with E-state index in [2.05, 4.69) is 12.2 Å². The molecule has 0 spiro atoms. The standard InChI is InChI=1S/C13H27NO3S/c1-4-8-14-13(5-2,12(15)16)7-6-10-18-11-9-17-3/h14H,4-11H2,1-3H3,(H,15,16). The van der Waals surface area contributed by atoms with Gasteiger partial charge in [-0.05, 0) is 38.0 Å². The summed E-state index contributed by atoms with van der Waals surface area (Å²) in [7, 11) is 1.70. The number of rotatable bonds is 12. The molecular formula is C13H27NO3S. The molecule has 0 aliphatic carbocycles. The van der Waals surface area contributed by atoms with Crippen molar-refractivity contribution in [2.45, 2.75) is 45.1 Å². The molecule has 108 valence electrons. The molecule has 0 aliphatic heterocycles. The predicted octanol–water partition coefficient (Wildman–Crippen LogP) is 2.38. The minimum absolute atomic E-state index is 0.630. The van der Waals surface area contributed by atoms with Crippen molar-refractivity contribution in [3.8, 4) is 0 Å². The fourth-order valence-electron chi connectivity index (χ4n) is 1.81. The van der Waals surface area contributed by atoms with Crippen LogP contribution in [0.3, 0.4) is 0 Å². The van der Waals surface area contributed by atoms with E-state index in [4.69, 9.17) is 4.74 Å². The number of hydrogen-bond acceptors (Lipinski definition) is 4. The Bertz CT molecular complexity index is 226. The zero-order valence-corrected chi connectivity index (χ0v) is 12.6. The van der Waals surface area contributed by atoms with Crippen molar-refractivity contribution < 1.29 is 14.6 Å². The summed E-state index contributed by atoms with van der Waals surface area (Å²) in [5.41, 5.74) is -0.738. The number of ether oxygens (including phenoxy) is 1. The number of carboxylic acid groups (broad SMARTS) is 1. The monoisotopic (exact) mass is 277 g/mol. The van der Waals surface area contributed by atoms with Gasteiger partial charge in [-0.25, -0.2) is 0 Å². The first-order valence-corrected chi connectivity index (χ1v) is 7.83. The van der Waals surface area contributed by atoms with Crippen molar-refractivity contribution in [2.75, 3.05) is 31.8 Å². The van der Waals surface area contributed by atoms with Crippen LogP contribution in [0, 0.1) is 0 Å². The van der Waals surface area contributed by atoms with E-state index >= 15 is 0 Å². The molecule has 0 aliphatic rings. The van der Waals surface area contributed by atoms with Crippen LogP contribution in [0.1, 0.15) is 39.5 Å². The summed E-state index contributed by atoms with van der Waals surface area (Å²) in [5.74, 6) is 1.25. The van der Waals surface area contributed by atoms with Gasteiger partial charge >= 0.3 is 5.97 Å². The van der Waals surface area contributed by atoms with Crippen molar-refractivity contribution >= 4 is 17.7 Å². The van der Waals surface area contributed by atoms with Crippen molar-refractivity contribution in [2.24, 2.45) is 0 Å². The lowest BCUT2D eigenvalue weighted by atomic mass is 9.90. The number of hydrogen-bond donors (Lipinski definition) is 2. The van der Waals surface area contributed by atoms with E-state index in [1.807, 2.05) is 18.7 Å². The Hall–Kier alpha value is -0.260. The quantitative estimate of drug-likeness (QED) is 0.536. The molecule has 0 saturated carbocycles. The average molecular weight is 277 g/mol. The maximum absolute atomic E-state index is 11.4. The van der Waals surface area contributed by atoms with Crippen LogP contribution in [0.2, 0.25) is 0 Å². The Morgan fingerprint density at radius 3 is 2.61 bits per heavy atom. The maximum Gasteiger partial charge on any atom is 0.323 e. The molecule has 18 heavy (non-hydrogen) atoms. The molecule has 0 amide bonds. The molecule has 0 rings (SSSR count). The number of carboxylic acids is 1. The highest BCUT2D eigenvalue weighted by atomic mass is 32.2. The second-order valence-corrected chi connectivity index (χ2v) is 5.60. The summed E-state index contributed by atoms with van der Waals surface area (Å²) in [6, 6.07) is 0. The lowest BCUT2D eigenvalue weighted by molar-refractivity contribution is -0.145.